The topological polar surface area (TPSA) is 81.8 Å². The first-order valence-corrected chi connectivity index (χ1v) is 7.31. The van der Waals surface area contributed by atoms with E-state index in [2.05, 4.69) is 15.3 Å². The molecule has 0 radical (unpaired) electrons. The summed E-state index contributed by atoms with van der Waals surface area (Å²) in [5.41, 5.74) is 2.00. The van der Waals surface area contributed by atoms with Gasteiger partial charge in [-0.25, -0.2) is 9.97 Å². The van der Waals surface area contributed by atoms with E-state index in [9.17, 15) is 9.59 Å². The van der Waals surface area contributed by atoms with E-state index in [1.807, 2.05) is 44.4 Å². The van der Waals surface area contributed by atoms with Gasteiger partial charge < -0.3 is 14.5 Å². The number of hydrogen-bond donors (Lipinski definition) is 1. The summed E-state index contributed by atoms with van der Waals surface area (Å²) in [6.45, 7) is 0.524. The fourth-order valence-electron chi connectivity index (χ4n) is 1.89. The molecule has 2 aromatic heterocycles. The van der Waals surface area contributed by atoms with E-state index in [-0.39, 0.29) is 5.91 Å². The van der Waals surface area contributed by atoms with Crippen LogP contribution < -0.4 is 5.32 Å². The number of amides is 1. The predicted molar refractivity (Wildman–Crippen MR) is 89.4 cm³/mol. The lowest BCUT2D eigenvalue weighted by atomic mass is 10.2. The van der Waals surface area contributed by atoms with Crippen LogP contribution in [0.25, 0.3) is 0 Å². The highest BCUT2D eigenvalue weighted by Crippen LogP contribution is 1.99. The molecule has 1 amide bonds. The number of rotatable bonds is 4. The highest BCUT2D eigenvalue weighted by atomic mass is 16.1. The van der Waals surface area contributed by atoms with E-state index >= 15 is 0 Å². The van der Waals surface area contributed by atoms with Gasteiger partial charge in [0.1, 0.15) is 11.4 Å². The zero-order valence-corrected chi connectivity index (χ0v) is 13.6. The van der Waals surface area contributed by atoms with Gasteiger partial charge in [-0.15, -0.1) is 0 Å². The summed E-state index contributed by atoms with van der Waals surface area (Å²) in [4.78, 5) is 29.3. The van der Waals surface area contributed by atoms with Gasteiger partial charge in [0.05, 0.1) is 12.7 Å². The number of hydrogen-bond acceptors (Lipinski definition) is 4. The molecule has 124 valence electrons. The van der Waals surface area contributed by atoms with E-state index in [4.69, 9.17) is 0 Å². The van der Waals surface area contributed by atoms with Crippen LogP contribution in [0.1, 0.15) is 26.5 Å². The number of aromatic nitrogens is 4. The van der Waals surface area contributed by atoms with E-state index in [0.717, 1.165) is 11.8 Å². The first-order chi connectivity index (χ1) is 11.6. The second kappa shape index (κ2) is 8.42. The molecule has 0 saturated heterocycles. The fraction of sp³-hybridized carbons (Fsp3) is 0.176. The van der Waals surface area contributed by atoms with Crippen LogP contribution in [0.15, 0.2) is 55.4 Å². The van der Waals surface area contributed by atoms with Crippen molar-refractivity contribution in [1.29, 1.82) is 0 Å². The minimum atomic E-state index is -0.149. The second-order valence-corrected chi connectivity index (χ2v) is 5.17. The molecule has 2 heterocycles. The summed E-state index contributed by atoms with van der Waals surface area (Å²) in [7, 11) is 3.65. The maximum atomic E-state index is 11.6. The quantitative estimate of drug-likeness (QED) is 0.739. The van der Waals surface area contributed by atoms with Gasteiger partial charge in [0, 0.05) is 33.0 Å². The van der Waals surface area contributed by atoms with E-state index < -0.39 is 0 Å². The zero-order chi connectivity index (χ0) is 17.4. The van der Waals surface area contributed by atoms with Crippen LogP contribution in [-0.4, -0.2) is 31.3 Å². The Kier molecular flexibility index (Phi) is 6.01. The fourth-order valence-corrected chi connectivity index (χ4v) is 1.89. The lowest BCUT2D eigenvalue weighted by Crippen LogP contribution is -2.23. The molecule has 24 heavy (non-hydrogen) atoms. The van der Waals surface area contributed by atoms with Crippen molar-refractivity contribution >= 4 is 12.2 Å². The maximum absolute atomic E-state index is 11.6. The Morgan fingerprint density at radius 1 is 1.08 bits per heavy atom. The van der Waals surface area contributed by atoms with Crippen LogP contribution in [-0.2, 0) is 20.6 Å². The third-order valence-corrected chi connectivity index (χ3v) is 3.08. The van der Waals surface area contributed by atoms with Crippen molar-refractivity contribution in [2.75, 3.05) is 0 Å². The van der Waals surface area contributed by atoms with Crippen LogP contribution in [0.4, 0.5) is 0 Å². The number of nitrogens with zero attached hydrogens (tertiary/aromatic N) is 4. The Morgan fingerprint density at radius 2 is 1.75 bits per heavy atom. The third-order valence-electron chi connectivity index (χ3n) is 3.08. The number of benzene rings is 1. The van der Waals surface area contributed by atoms with Crippen molar-refractivity contribution in [2.24, 2.45) is 14.1 Å². The predicted octanol–water partition coefficient (Wildman–Crippen LogP) is 1.58. The number of carbonyl (C=O) groups is 2. The van der Waals surface area contributed by atoms with Gasteiger partial charge in [-0.1, -0.05) is 30.3 Å². The molecule has 1 aromatic carbocycles. The monoisotopic (exact) mass is 325 g/mol. The van der Waals surface area contributed by atoms with Crippen LogP contribution >= 0.6 is 0 Å². The molecule has 0 spiro atoms. The van der Waals surface area contributed by atoms with Gasteiger partial charge in [0.2, 0.25) is 0 Å². The van der Waals surface area contributed by atoms with Crippen LogP contribution in [0.3, 0.4) is 0 Å². The molecule has 0 aliphatic heterocycles. The van der Waals surface area contributed by atoms with Gasteiger partial charge in [0.25, 0.3) is 5.91 Å². The lowest BCUT2D eigenvalue weighted by Gasteiger charge is -2.02. The highest BCUT2D eigenvalue weighted by molar-refractivity contribution is 5.91. The Hall–Kier alpha value is -3.22. The molecule has 7 nitrogen and oxygen atoms in total. The summed E-state index contributed by atoms with van der Waals surface area (Å²) in [5, 5.41) is 2.81. The van der Waals surface area contributed by atoms with Crippen molar-refractivity contribution in [3.05, 3.63) is 72.3 Å². The standard InChI is InChI=1S/C12H13N3O.C5H6N2O/c1-15-8-11(14-9-15)12(16)13-7-10-5-3-2-4-6-10;1-7-2-5(3-8)6-4-7/h2-6,8-9H,7H2,1H3,(H,13,16);2-4H,1H3. The van der Waals surface area contributed by atoms with Crippen molar-refractivity contribution in [3.8, 4) is 0 Å². The van der Waals surface area contributed by atoms with Crippen molar-refractivity contribution in [1.82, 2.24) is 24.4 Å². The Morgan fingerprint density at radius 3 is 2.25 bits per heavy atom. The van der Waals surface area contributed by atoms with Crippen LogP contribution in [0.5, 0.6) is 0 Å². The molecule has 0 fully saturated rings. The highest BCUT2D eigenvalue weighted by Gasteiger charge is 2.07. The molecule has 0 saturated carbocycles. The lowest BCUT2D eigenvalue weighted by molar-refractivity contribution is 0.0946. The second-order valence-electron chi connectivity index (χ2n) is 5.17. The third kappa shape index (κ3) is 5.20. The normalized spacial score (nSPS) is 9.75. The number of imidazole rings is 2. The number of nitrogens with one attached hydrogen (secondary N) is 1. The van der Waals surface area contributed by atoms with Gasteiger partial charge in [0.15, 0.2) is 6.29 Å². The molecule has 7 heteroatoms. The molecular formula is C17H19N5O2. The van der Waals surface area contributed by atoms with Crippen LogP contribution in [0.2, 0.25) is 0 Å². The minimum absolute atomic E-state index is 0.149. The van der Waals surface area contributed by atoms with E-state index in [0.29, 0.717) is 17.9 Å². The molecule has 0 bridgehead atoms. The first-order valence-electron chi connectivity index (χ1n) is 7.31. The molecule has 3 aromatic rings. The van der Waals surface area contributed by atoms with Gasteiger partial charge >= 0.3 is 0 Å². The molecule has 0 atom stereocenters. The van der Waals surface area contributed by atoms with Crippen LogP contribution in [0, 0.1) is 0 Å². The Bertz CT molecular complexity index is 792. The molecule has 0 aliphatic carbocycles. The minimum Gasteiger partial charge on any atom is -0.347 e. The summed E-state index contributed by atoms with van der Waals surface area (Å²) < 4.78 is 3.47. The Labute approximate surface area is 140 Å². The smallest absolute Gasteiger partial charge is 0.271 e. The summed E-state index contributed by atoms with van der Waals surface area (Å²) in [6, 6.07) is 9.78. The Balaban J connectivity index is 0.000000219. The van der Waals surface area contributed by atoms with E-state index in [1.165, 1.54) is 0 Å². The van der Waals surface area contributed by atoms with Gasteiger partial charge in [-0.05, 0) is 5.56 Å². The first kappa shape index (κ1) is 17.1. The SMILES string of the molecule is Cn1cnc(C(=O)NCc2ccccc2)c1.Cn1cnc(C=O)c1. The molecule has 0 aliphatic rings. The molecular weight excluding hydrogens is 306 g/mol. The van der Waals surface area contributed by atoms with Crippen molar-refractivity contribution < 1.29 is 9.59 Å². The van der Waals surface area contributed by atoms with Gasteiger partial charge in [-0.2, -0.15) is 0 Å². The summed E-state index contributed by atoms with van der Waals surface area (Å²) in [6.07, 6.45) is 7.27. The average molecular weight is 325 g/mol. The summed E-state index contributed by atoms with van der Waals surface area (Å²) >= 11 is 0. The summed E-state index contributed by atoms with van der Waals surface area (Å²) in [5.74, 6) is -0.149. The van der Waals surface area contributed by atoms with Gasteiger partial charge in [-0.3, -0.25) is 9.59 Å². The average Bonchev–Trinajstić information content (AvgIpc) is 3.22. The maximum Gasteiger partial charge on any atom is 0.271 e. The molecule has 3 rings (SSSR count). The van der Waals surface area contributed by atoms with Crippen molar-refractivity contribution in [2.45, 2.75) is 6.54 Å². The number of aldehydes is 1. The van der Waals surface area contributed by atoms with Crippen molar-refractivity contribution in [3.63, 3.8) is 0 Å². The number of carbonyl (C=O) groups excluding carboxylic acids is 2. The largest absolute Gasteiger partial charge is 0.347 e. The molecule has 0 unspecified atom stereocenters. The number of aryl methyl sites for hydroxylation is 2. The van der Waals surface area contributed by atoms with E-state index in [1.54, 1.807) is 34.2 Å². The molecule has 1 N–H and O–H groups in total. The zero-order valence-electron chi connectivity index (χ0n) is 13.6.